The molecule has 20 rings (SSSR count). The van der Waals surface area contributed by atoms with Crippen molar-refractivity contribution in [2.45, 2.75) is 298 Å². The van der Waals surface area contributed by atoms with E-state index in [1.807, 2.05) is 0 Å². The number of hydrogen-bond donors (Lipinski definition) is 16. The van der Waals surface area contributed by atoms with Gasteiger partial charge in [-0.3, -0.25) is 0 Å². The number of anilines is 4. The molecule has 40 nitrogen and oxygen atoms in total. The summed E-state index contributed by atoms with van der Waals surface area (Å²) in [5.74, 6) is -11.2. The predicted octanol–water partition coefficient (Wildman–Crippen LogP) is 8.73. The minimum absolute atomic E-state index is 0.0445. The SMILES string of the molecule is [2H]C([2H])(C)C([2H])([2H])Sc1nc(N[C@]2([2H])C[C@@]2([2H])c2ccc(C)c(F)c2)c2nnn([C@]3([2H])C([2H])([2H])[C@]([2H])(OCCO)[C@@]([2H])(O)[C@@]3([2H])O)c2n1.[2H]C([2H])(CC)Sc1nc(N[C@]2([2H])C[C@@]2([2H])c2ccc(C)c(F)c2)c2nnn([C@]3([2H])C([2H])([2H])[C@]([2H])(OC([2H])([2H])C([2H])([2H])O)[C@@]([2H])(O)[C@@]3([2H])O)c2n1.[2H]C([2H])(CO)O[C@@]1([2H])C([2H])([2H])[C@@]([2H])(n2nnc3c(N[C@]4([2H])C[C@@]4([2H])c4ccc(C)c(F)c4)nc(SC([2H])([2H])CC)nc32)[C@]([2H])(O)[C@]1([2H])O.[2H]C([2H])(O)CO[C@@]1([2H])C([2H])([2H])[C@@]([2H])(n2nnc3c(N[C@]4([2H])C[C@@]4([2H])c4ccc(C)c(F)c4)nc(SC([2H])([2H])CC)nc32)[C@]([2H])(O)[C@]1([2H])O. The average molecular weight is 2120 g/mol. The first-order chi connectivity index (χ1) is 87.4. The number of aryl methyl sites for hydroxylation is 4. The number of nitrogens with zero attached hydrogens (tertiary/aromatic N) is 20. The summed E-state index contributed by atoms with van der Waals surface area (Å²) in [6.45, 7) is -7.89. The summed E-state index contributed by atoms with van der Waals surface area (Å²) < 4.78 is 497. The quantitative estimate of drug-likeness (QED) is 0.00969. The van der Waals surface area contributed by atoms with E-state index in [0.29, 0.717) is 57.5 Å². The average Bonchev–Trinajstić information content (AvgIpc) is 1.48. The van der Waals surface area contributed by atoms with E-state index in [4.69, 9.17) is 82.7 Å². The van der Waals surface area contributed by atoms with Crippen LogP contribution >= 0.6 is 47.0 Å². The molecule has 16 N–H and O–H groups in total. The fraction of sp³-hybridized carbons (Fsp3) is 0.583. The lowest BCUT2D eigenvalue weighted by Crippen LogP contribution is -2.33. The second-order valence-corrected chi connectivity index (χ2v) is 34.3. The van der Waals surface area contributed by atoms with Crippen molar-refractivity contribution in [3.8, 4) is 0 Å². The summed E-state index contributed by atoms with van der Waals surface area (Å²) in [6.07, 6.45) is -68.1. The number of hydrogen-bond acceptors (Lipinski definition) is 40. The molecular formula is C96H124F4N24O16S4. The van der Waals surface area contributed by atoms with Gasteiger partial charge in [-0.1, -0.05) is 144 Å². The van der Waals surface area contributed by atoms with Crippen LogP contribution in [0.25, 0.3) is 44.7 Å². The Hall–Kier alpha value is -9.52. The van der Waals surface area contributed by atoms with E-state index < -0.39 is 364 Å². The van der Waals surface area contributed by atoms with Crippen molar-refractivity contribution in [1.82, 2.24) is 99.8 Å². The van der Waals surface area contributed by atoms with Crippen molar-refractivity contribution in [3.05, 3.63) is 141 Å². The zero-order chi connectivity index (χ0) is 147. The van der Waals surface area contributed by atoms with Crippen molar-refractivity contribution < 1.29 is 166 Å². The Morgan fingerprint density at radius 3 is 0.882 bits per heavy atom. The number of benzene rings is 4. The number of aliphatic hydroxyl groups is 12. The lowest BCUT2D eigenvalue weighted by Gasteiger charge is -2.17. The summed E-state index contributed by atoms with van der Waals surface area (Å²) in [4.78, 5) is 33.2. The molecule has 8 aromatic heterocycles. The van der Waals surface area contributed by atoms with Gasteiger partial charge in [-0.25, -0.2) is 76.2 Å². The molecule has 776 valence electrons. The Morgan fingerprint density at radius 1 is 0.361 bits per heavy atom. The summed E-state index contributed by atoms with van der Waals surface area (Å²) in [5.41, 5.74) is -12.1. The van der Waals surface area contributed by atoms with Crippen LogP contribution in [-0.4, -0.2) is 334 Å². The Kier molecular flexibility index (Phi) is 19.6. The standard InChI is InChI=1S/4C24H31FN6O4S/c4*1-3-8-36-24-27-22(26-16-10-14(16)13-5-4-12(2)15(25)9-13)19-23(28-24)31(30-29-19)17-11-18(35-7-6-32)21(34)20(17)33/h4*4-5,9,14,16-18,20-21,32-34H,3,6-8,10-11H2,1-2H3,(H,26,27,28)/t4*14-,16+,17+,18-,20-,21+/m0000/s1/i6D2,7D2,8D2,11D2,14D,16D,17D,18D,20D,21D;7D2,8D2,11D2,14D,16D,17D,18D,20D,21D;6D2,8D2,11D2,14D,16D,17D,18D,20D,21D;3D2,8D2,11D2,14D,16D,17D,18D,20D,21D. The Bertz CT molecular complexity index is 9280. The first-order valence-corrected chi connectivity index (χ1v) is 46.4. The van der Waals surface area contributed by atoms with Crippen molar-refractivity contribution in [2.75, 3.05) is 96.8 Å². The van der Waals surface area contributed by atoms with Gasteiger partial charge in [-0.2, -0.15) is 0 Å². The number of nitrogens with one attached hydrogen (secondary N) is 4. The number of halogens is 4. The van der Waals surface area contributed by atoms with Crippen LogP contribution < -0.4 is 21.3 Å². The molecule has 4 aromatic carbocycles. The lowest BCUT2D eigenvalue weighted by atomic mass is 10.1. The normalized spacial score (nSPS) is 47.2. The maximum absolute atomic E-state index is 14.4. The molecule has 12 aromatic rings. The van der Waals surface area contributed by atoms with Crippen molar-refractivity contribution in [3.63, 3.8) is 0 Å². The number of thioether (sulfide) groups is 4. The van der Waals surface area contributed by atoms with E-state index in [1.165, 1.54) is 97.0 Å². The molecule has 8 saturated carbocycles. The molecule has 8 aliphatic carbocycles. The molecule has 8 aliphatic rings. The van der Waals surface area contributed by atoms with Crippen LogP contribution in [0.15, 0.2) is 93.4 Å². The molecule has 0 aliphatic heterocycles. The van der Waals surface area contributed by atoms with E-state index in [1.54, 1.807) is 0 Å². The third kappa shape index (κ3) is 23.8. The first-order valence-electron chi connectivity index (χ1n) is 68.1. The topological polar surface area (TPSA) is 554 Å². The minimum Gasteiger partial charge on any atom is -0.394 e. The molecule has 0 saturated heterocycles. The Morgan fingerprint density at radius 2 is 0.632 bits per heavy atom. The molecule has 0 bridgehead atoms. The molecule has 0 radical (unpaired) electrons. The van der Waals surface area contributed by atoms with Gasteiger partial charge in [-0.15, -0.1) is 20.4 Å². The predicted molar refractivity (Wildman–Crippen MR) is 530 cm³/mol. The molecule has 0 spiro atoms. The number of fused-ring (bicyclic) bond motifs is 4. The van der Waals surface area contributed by atoms with Gasteiger partial charge >= 0.3 is 0 Å². The summed E-state index contributed by atoms with van der Waals surface area (Å²) in [7, 11) is 0. The van der Waals surface area contributed by atoms with Crippen LogP contribution in [0.2, 0.25) is 0 Å². The van der Waals surface area contributed by atoms with Gasteiger partial charge in [0.15, 0.2) is 88.6 Å². The van der Waals surface area contributed by atoms with E-state index >= 15 is 0 Å². The van der Waals surface area contributed by atoms with Crippen molar-refractivity contribution in [1.29, 1.82) is 0 Å². The minimum atomic E-state index is -4.36. The molecule has 24 atom stereocenters. The lowest BCUT2D eigenvalue weighted by molar-refractivity contribution is -0.0629. The Balaban J connectivity index is 0.000000168. The highest BCUT2D eigenvalue weighted by molar-refractivity contribution is 7.99. The number of rotatable bonds is 40. The van der Waals surface area contributed by atoms with Gasteiger partial charge < -0.3 is 101 Å². The van der Waals surface area contributed by atoms with E-state index in [2.05, 4.69) is 107 Å². The number of aromatic nitrogens is 20. The maximum atomic E-state index is 14.4. The van der Waals surface area contributed by atoms with Crippen molar-refractivity contribution in [2.24, 2.45) is 0 Å². The molecule has 8 fully saturated rings. The molecule has 48 heteroatoms. The highest BCUT2D eigenvalue weighted by Crippen LogP contribution is 2.50. The highest BCUT2D eigenvalue weighted by atomic mass is 32.2. The number of aliphatic hydroxyl groups excluding tert-OH is 2. The van der Waals surface area contributed by atoms with E-state index in [0.717, 1.165) is 31.2 Å². The van der Waals surface area contributed by atoms with Crippen LogP contribution in [0, 0.1) is 51.0 Å². The van der Waals surface area contributed by atoms with Gasteiger partial charge in [0.05, 0.1) is 139 Å². The zero-order valence-electron chi connectivity index (χ0n) is 126. The van der Waals surface area contributed by atoms with Crippen molar-refractivity contribution >= 4 is 115 Å². The third-order valence-electron chi connectivity index (χ3n) is 21.3. The highest BCUT2D eigenvalue weighted by Gasteiger charge is 2.51. The van der Waals surface area contributed by atoms with Gasteiger partial charge in [0.25, 0.3) is 0 Å². The van der Waals surface area contributed by atoms with Crippen LogP contribution in [0.3, 0.4) is 0 Å². The molecule has 0 amide bonds. The molecular weight excluding hydrogens is 1950 g/mol. The van der Waals surface area contributed by atoms with E-state index in [9.17, 15) is 78.8 Å². The maximum Gasteiger partial charge on any atom is 0.191 e. The summed E-state index contributed by atoms with van der Waals surface area (Å²) in [5, 5.41) is 165. The zero-order valence-corrected chi connectivity index (χ0v) is 79.6. The van der Waals surface area contributed by atoms with E-state index in [-0.39, 0.29) is 97.7 Å². The van der Waals surface area contributed by atoms with Crippen LogP contribution in [0.4, 0.5) is 40.8 Å². The van der Waals surface area contributed by atoms with Crippen LogP contribution in [-0.2, 0) is 18.9 Å². The smallest absolute Gasteiger partial charge is 0.191 e. The van der Waals surface area contributed by atoms with Gasteiger partial charge in [-0.05, 0) is 148 Å². The fourth-order valence-corrected chi connectivity index (χ4v) is 15.9. The molecule has 0 unspecified atom stereocenters. The van der Waals surface area contributed by atoms with Crippen LogP contribution in [0.5, 0.6) is 0 Å². The Labute approximate surface area is 913 Å². The van der Waals surface area contributed by atoms with Gasteiger partial charge in [0.2, 0.25) is 0 Å². The monoisotopic (exact) mass is 2120 g/mol. The summed E-state index contributed by atoms with van der Waals surface area (Å²) in [6, 6.07) is -6.94. The summed E-state index contributed by atoms with van der Waals surface area (Å²) >= 11 is 1.41. The third-order valence-corrected chi connectivity index (χ3v) is 24.4. The van der Waals surface area contributed by atoms with Gasteiger partial charge in [0.1, 0.15) is 71.9 Å². The molecule has 144 heavy (non-hydrogen) atoms. The second kappa shape index (κ2) is 47.3. The largest absolute Gasteiger partial charge is 0.394 e. The number of ether oxygens (including phenoxy) is 4. The molecule has 8 heterocycles. The second-order valence-electron chi connectivity index (χ2n) is 31.0. The first kappa shape index (κ1) is 59.6. The van der Waals surface area contributed by atoms with Crippen LogP contribution in [0.1, 0.15) is 265 Å². The van der Waals surface area contributed by atoms with Gasteiger partial charge in [0, 0.05) is 126 Å². The fourth-order valence-electron chi connectivity index (χ4n) is 13.8.